The number of anilines is 11. The van der Waals surface area contributed by atoms with Crippen LogP contribution < -0.4 is 19.6 Å². The predicted molar refractivity (Wildman–Crippen MR) is 313 cm³/mol. The minimum atomic E-state index is -4.41. The van der Waals surface area contributed by atoms with Crippen molar-refractivity contribution in [3.8, 4) is 11.1 Å². The van der Waals surface area contributed by atoms with Crippen LogP contribution >= 0.6 is 23.5 Å². The first-order chi connectivity index (χ1) is 36.6. The van der Waals surface area contributed by atoms with Crippen LogP contribution in [0.15, 0.2) is 268 Å². The van der Waals surface area contributed by atoms with Gasteiger partial charge in [-0.2, -0.15) is 8.42 Å². The SMILES string of the molecule is CSC1=C(S(=O)(=O)O)CC(N(c2ccccc2)c2ccc(N(c3ccccc3)c3ccc(-c4ccc(N(c5ccccc5)c5ccc(N(c6ccccc6)c6ccc(SC)c(S(=O)[O-])c6)cc5)cc4)cc3)cc2)C=C1. The lowest BCUT2D eigenvalue weighted by molar-refractivity contribution is 0.487. The van der Waals surface area contributed by atoms with Crippen molar-refractivity contribution in [1.82, 2.24) is 0 Å². The van der Waals surface area contributed by atoms with E-state index < -0.39 is 21.2 Å². The van der Waals surface area contributed by atoms with Gasteiger partial charge in [-0.05, 0) is 180 Å². The van der Waals surface area contributed by atoms with E-state index in [1.54, 1.807) is 12.1 Å². The lowest BCUT2D eigenvalue weighted by Crippen LogP contribution is -2.32. The predicted octanol–water partition coefficient (Wildman–Crippen LogP) is 16.7. The molecule has 0 saturated carbocycles. The van der Waals surface area contributed by atoms with Crippen LogP contribution in [-0.2, 0) is 21.2 Å². The summed E-state index contributed by atoms with van der Waals surface area (Å²) in [6, 6.07) is 79.2. The molecule has 0 aliphatic heterocycles. The Morgan fingerprint density at radius 2 is 0.800 bits per heavy atom. The molecule has 0 fully saturated rings. The van der Waals surface area contributed by atoms with Crippen LogP contribution in [-0.4, -0.2) is 40.3 Å². The topological polar surface area (TPSA) is 107 Å². The van der Waals surface area contributed by atoms with Crippen molar-refractivity contribution in [3.05, 3.63) is 259 Å². The van der Waals surface area contributed by atoms with Gasteiger partial charge >= 0.3 is 0 Å². The Morgan fingerprint density at radius 3 is 1.17 bits per heavy atom. The molecule has 2 unspecified atom stereocenters. The first-order valence-corrected chi connectivity index (χ1v) is 29.0. The number of para-hydroxylation sites is 4. The van der Waals surface area contributed by atoms with Crippen molar-refractivity contribution in [1.29, 1.82) is 0 Å². The molecule has 374 valence electrons. The van der Waals surface area contributed by atoms with Gasteiger partial charge in [0.25, 0.3) is 10.1 Å². The van der Waals surface area contributed by atoms with E-state index >= 15 is 0 Å². The van der Waals surface area contributed by atoms with E-state index in [0.717, 1.165) is 73.7 Å². The maximum atomic E-state index is 12.6. The quantitative estimate of drug-likeness (QED) is 0.0535. The highest BCUT2D eigenvalue weighted by Crippen LogP contribution is 2.43. The standard InChI is InChI=1S/C62H52N4O5S4/c1-72-59-41-39-57(43-61(59)74(67)68)65(49-19-11-5-12-20-49)55-35-31-53(32-36-55)63(47-15-7-3-8-16-47)51-27-23-45(24-28-51)46-25-29-52(30-26-46)64(48-17-9-4-10-18-48)54-33-37-56(38-34-54)66(50-21-13-6-14-22-50)58-40-42-60(73-2)62(44-58)75(69,70)71/h3-43,58H,44H2,1-2H3,(H,67,68)(H,69,70,71)/p-1. The van der Waals surface area contributed by atoms with E-state index in [0.29, 0.717) is 9.80 Å². The average molecular weight is 1060 g/mol. The summed E-state index contributed by atoms with van der Waals surface area (Å²) in [5.41, 5.74) is 12.2. The highest BCUT2D eigenvalue weighted by atomic mass is 32.2. The second-order valence-corrected chi connectivity index (χ2v) is 21.6. The molecular weight excluding hydrogens is 1010 g/mol. The Labute approximate surface area is 450 Å². The minimum Gasteiger partial charge on any atom is -0.768 e. The highest BCUT2D eigenvalue weighted by molar-refractivity contribution is 8.03. The summed E-state index contributed by atoms with van der Waals surface area (Å²) in [5.74, 6) is 0. The normalized spacial score (nSPS) is 13.8. The van der Waals surface area contributed by atoms with Gasteiger partial charge in [-0.3, -0.25) is 8.76 Å². The van der Waals surface area contributed by atoms with Gasteiger partial charge in [0, 0.05) is 83.7 Å². The van der Waals surface area contributed by atoms with Crippen LogP contribution in [0.5, 0.6) is 0 Å². The van der Waals surface area contributed by atoms with Crippen molar-refractivity contribution in [2.45, 2.75) is 22.3 Å². The fraction of sp³-hybridized carbons (Fsp3) is 0.0645. The molecule has 75 heavy (non-hydrogen) atoms. The van der Waals surface area contributed by atoms with E-state index in [4.69, 9.17) is 0 Å². The van der Waals surface area contributed by atoms with Crippen LogP contribution in [0, 0.1) is 0 Å². The van der Waals surface area contributed by atoms with Crippen LogP contribution in [0.3, 0.4) is 0 Å². The van der Waals surface area contributed by atoms with Gasteiger partial charge in [0.2, 0.25) is 0 Å². The van der Waals surface area contributed by atoms with Crippen molar-refractivity contribution in [2.24, 2.45) is 0 Å². The largest absolute Gasteiger partial charge is 0.768 e. The third-order valence-corrected chi connectivity index (χ3v) is 16.6. The molecule has 1 N–H and O–H groups in total. The van der Waals surface area contributed by atoms with Crippen LogP contribution in [0.2, 0.25) is 0 Å². The van der Waals surface area contributed by atoms with Crippen molar-refractivity contribution < 1.29 is 21.7 Å². The molecule has 0 aromatic heterocycles. The summed E-state index contributed by atoms with van der Waals surface area (Å²) in [7, 11) is -4.41. The first kappa shape index (κ1) is 50.9. The lowest BCUT2D eigenvalue weighted by Gasteiger charge is -2.35. The van der Waals surface area contributed by atoms with Gasteiger partial charge in [-0.1, -0.05) is 103 Å². The number of benzene rings is 9. The third kappa shape index (κ3) is 11.3. The molecule has 1 aliphatic carbocycles. The summed E-state index contributed by atoms with van der Waals surface area (Å²) >= 11 is 0.304. The minimum absolute atomic E-state index is 0.0204. The molecule has 9 aromatic rings. The van der Waals surface area contributed by atoms with Gasteiger partial charge in [0.15, 0.2) is 0 Å². The number of hydrogen-bond acceptors (Lipinski definition) is 10. The van der Waals surface area contributed by atoms with Crippen LogP contribution in [0.4, 0.5) is 62.6 Å². The van der Waals surface area contributed by atoms with E-state index in [-0.39, 0.29) is 22.3 Å². The molecule has 9 aromatic carbocycles. The van der Waals surface area contributed by atoms with Crippen LogP contribution in [0.25, 0.3) is 11.1 Å². The number of hydrogen-bond donors (Lipinski definition) is 1. The summed E-state index contributed by atoms with van der Waals surface area (Å²) in [6.07, 6.45) is 7.59. The second kappa shape index (κ2) is 22.9. The zero-order valence-electron chi connectivity index (χ0n) is 41.0. The summed E-state index contributed by atoms with van der Waals surface area (Å²) in [4.78, 5) is 10.1. The van der Waals surface area contributed by atoms with E-state index in [1.165, 1.54) is 23.5 Å². The molecule has 9 nitrogen and oxygen atoms in total. The maximum absolute atomic E-state index is 12.6. The molecule has 13 heteroatoms. The Kier molecular flexibility index (Phi) is 15.5. The van der Waals surface area contributed by atoms with Gasteiger partial charge in [0.05, 0.1) is 10.9 Å². The third-order valence-electron chi connectivity index (χ3n) is 13.0. The monoisotopic (exact) mass is 1060 g/mol. The Hall–Kier alpha value is -7.62. The fourth-order valence-electron chi connectivity index (χ4n) is 9.49. The van der Waals surface area contributed by atoms with Gasteiger partial charge in [-0.25, -0.2) is 0 Å². The second-order valence-electron chi connectivity index (χ2n) is 17.5. The molecule has 10 rings (SSSR count). The van der Waals surface area contributed by atoms with E-state index in [9.17, 15) is 21.7 Å². The van der Waals surface area contributed by atoms with Gasteiger partial charge in [-0.15, -0.1) is 23.5 Å². The zero-order chi connectivity index (χ0) is 51.9. The molecule has 0 radical (unpaired) electrons. The summed E-state index contributed by atoms with van der Waals surface area (Å²) in [5, 5.41) is 0. The average Bonchev–Trinajstić information content (AvgIpc) is 3.45. The number of allylic oxidation sites excluding steroid dienone is 1. The number of thioether (sulfide) groups is 2. The summed E-state index contributed by atoms with van der Waals surface area (Å²) in [6.45, 7) is 0. The van der Waals surface area contributed by atoms with Crippen molar-refractivity contribution >= 4 is 107 Å². The molecule has 0 saturated heterocycles. The highest BCUT2D eigenvalue weighted by Gasteiger charge is 2.30. The van der Waals surface area contributed by atoms with Crippen LogP contribution in [0.1, 0.15) is 6.42 Å². The number of nitrogens with zero attached hydrogens (tertiary/aromatic N) is 4. The number of rotatable bonds is 17. The molecule has 0 spiro atoms. The molecular formula is C62H51N4O5S4-. The molecule has 0 heterocycles. The van der Waals surface area contributed by atoms with E-state index in [1.807, 2.05) is 128 Å². The Morgan fingerprint density at radius 1 is 0.467 bits per heavy atom. The molecule has 1 aliphatic rings. The Balaban J connectivity index is 0.931. The first-order valence-electron chi connectivity index (χ1n) is 24.1. The van der Waals surface area contributed by atoms with Crippen molar-refractivity contribution in [2.75, 3.05) is 32.1 Å². The lowest BCUT2D eigenvalue weighted by atomic mass is 10.0. The smallest absolute Gasteiger partial charge is 0.291 e. The van der Waals surface area contributed by atoms with E-state index in [2.05, 4.69) is 141 Å². The maximum Gasteiger partial charge on any atom is 0.291 e. The van der Waals surface area contributed by atoms with Gasteiger partial charge in [0.1, 0.15) is 0 Å². The Bertz CT molecular complexity index is 3590. The zero-order valence-corrected chi connectivity index (χ0v) is 44.2. The molecule has 2 atom stereocenters. The molecule has 0 amide bonds. The van der Waals surface area contributed by atoms with Gasteiger partial charge < -0.3 is 24.2 Å². The molecule has 0 bridgehead atoms. The fourth-order valence-corrected chi connectivity index (χ4v) is 12.7. The summed E-state index contributed by atoms with van der Waals surface area (Å²) < 4.78 is 60.0. The van der Waals surface area contributed by atoms with Crippen molar-refractivity contribution in [3.63, 3.8) is 0 Å².